The number of nitrogens with zero attached hydrogens (tertiary/aromatic N) is 4. The van der Waals surface area contributed by atoms with Gasteiger partial charge < -0.3 is 14.2 Å². The van der Waals surface area contributed by atoms with Crippen molar-refractivity contribution in [2.75, 3.05) is 20.1 Å². The van der Waals surface area contributed by atoms with Crippen LogP contribution in [0.25, 0.3) is 5.65 Å². The quantitative estimate of drug-likeness (QED) is 0.690. The molecule has 0 spiro atoms. The first-order valence-corrected chi connectivity index (χ1v) is 9.65. The number of amides is 1. The van der Waals surface area contributed by atoms with Gasteiger partial charge in [-0.3, -0.25) is 4.79 Å². The van der Waals surface area contributed by atoms with E-state index in [0.717, 1.165) is 37.1 Å². The normalized spacial score (nSPS) is 15.9. The zero-order valence-corrected chi connectivity index (χ0v) is 16.1. The maximum absolute atomic E-state index is 13.4. The summed E-state index contributed by atoms with van der Waals surface area (Å²) >= 11 is 6.06. The Balaban J connectivity index is 1.64. The number of benzene rings is 1. The highest BCUT2D eigenvalue weighted by Gasteiger charge is 2.29. The van der Waals surface area contributed by atoms with Gasteiger partial charge in [0.05, 0.1) is 5.02 Å². The van der Waals surface area contributed by atoms with Crippen molar-refractivity contribution in [1.29, 1.82) is 0 Å². The van der Waals surface area contributed by atoms with Crippen LogP contribution in [-0.2, 0) is 6.54 Å². The maximum Gasteiger partial charge on any atom is 0.274 e. The number of hydrogen-bond donors (Lipinski definition) is 0. The minimum Gasteiger partial charge on any atom is -0.330 e. The number of carbonyl (C=O) groups is 1. The molecule has 2 aromatic heterocycles. The van der Waals surface area contributed by atoms with E-state index >= 15 is 0 Å². The SMILES string of the molecule is CN1CCC(N(Cc2ccccc2)C(=O)c2cn3cc(Cl)ccc3n2)CC1. The minimum atomic E-state index is -0.0202. The number of aromatic nitrogens is 2. The van der Waals surface area contributed by atoms with Gasteiger partial charge in [0.1, 0.15) is 11.3 Å². The van der Waals surface area contributed by atoms with Crippen molar-refractivity contribution in [3.8, 4) is 0 Å². The van der Waals surface area contributed by atoms with E-state index in [0.29, 0.717) is 17.3 Å². The van der Waals surface area contributed by atoms with Gasteiger partial charge in [0.15, 0.2) is 0 Å². The smallest absolute Gasteiger partial charge is 0.274 e. The summed E-state index contributed by atoms with van der Waals surface area (Å²) < 4.78 is 1.81. The Labute approximate surface area is 164 Å². The van der Waals surface area contributed by atoms with E-state index in [4.69, 9.17) is 11.6 Å². The molecule has 0 radical (unpaired) electrons. The molecule has 0 saturated carbocycles. The van der Waals surface area contributed by atoms with Crippen LogP contribution < -0.4 is 0 Å². The average Bonchev–Trinajstić information content (AvgIpc) is 3.10. The van der Waals surface area contributed by atoms with E-state index in [1.807, 2.05) is 33.6 Å². The van der Waals surface area contributed by atoms with Gasteiger partial charge in [-0.2, -0.15) is 0 Å². The summed E-state index contributed by atoms with van der Waals surface area (Å²) in [5.74, 6) is -0.0202. The van der Waals surface area contributed by atoms with Gasteiger partial charge in [-0.15, -0.1) is 0 Å². The Hall–Kier alpha value is -2.37. The molecule has 4 rings (SSSR count). The molecule has 1 saturated heterocycles. The second kappa shape index (κ2) is 7.71. The van der Waals surface area contributed by atoms with E-state index in [9.17, 15) is 4.79 Å². The molecule has 0 aliphatic carbocycles. The number of hydrogen-bond acceptors (Lipinski definition) is 3. The van der Waals surface area contributed by atoms with Gasteiger partial charge in [-0.05, 0) is 50.7 Å². The van der Waals surface area contributed by atoms with Gasteiger partial charge in [-0.1, -0.05) is 41.9 Å². The van der Waals surface area contributed by atoms with Gasteiger partial charge in [0, 0.05) is 25.0 Å². The van der Waals surface area contributed by atoms with Crippen LogP contribution in [0.1, 0.15) is 28.9 Å². The van der Waals surface area contributed by atoms with Gasteiger partial charge in [0.25, 0.3) is 5.91 Å². The Bertz CT molecular complexity index is 932. The van der Waals surface area contributed by atoms with Crippen molar-refractivity contribution < 1.29 is 4.79 Å². The first kappa shape index (κ1) is 18.0. The fourth-order valence-corrected chi connectivity index (χ4v) is 3.84. The summed E-state index contributed by atoms with van der Waals surface area (Å²) in [5.41, 5.74) is 2.33. The molecular weight excluding hydrogens is 360 g/mol. The predicted molar refractivity (Wildman–Crippen MR) is 107 cm³/mol. The van der Waals surface area contributed by atoms with Crippen LogP contribution in [0, 0.1) is 0 Å². The van der Waals surface area contributed by atoms with Crippen molar-refractivity contribution in [1.82, 2.24) is 19.2 Å². The molecule has 1 aliphatic heterocycles. The highest BCUT2D eigenvalue weighted by atomic mass is 35.5. The molecular formula is C21H23ClN4O. The highest BCUT2D eigenvalue weighted by molar-refractivity contribution is 6.30. The van der Waals surface area contributed by atoms with Gasteiger partial charge in [-0.25, -0.2) is 4.98 Å². The molecule has 1 aliphatic rings. The van der Waals surface area contributed by atoms with Crippen molar-refractivity contribution in [3.05, 3.63) is 71.1 Å². The van der Waals surface area contributed by atoms with Crippen LogP contribution >= 0.6 is 11.6 Å². The van der Waals surface area contributed by atoms with Crippen molar-refractivity contribution in [3.63, 3.8) is 0 Å². The zero-order valence-electron chi connectivity index (χ0n) is 15.4. The number of imidazole rings is 1. The Kier molecular flexibility index (Phi) is 5.14. The number of carbonyl (C=O) groups excluding carboxylic acids is 1. The first-order chi connectivity index (χ1) is 13.1. The first-order valence-electron chi connectivity index (χ1n) is 9.28. The zero-order chi connectivity index (χ0) is 18.8. The van der Waals surface area contributed by atoms with Gasteiger partial charge >= 0.3 is 0 Å². The summed E-state index contributed by atoms with van der Waals surface area (Å²) in [5, 5.41) is 0.621. The number of rotatable bonds is 4. The Morgan fingerprint density at radius 3 is 2.63 bits per heavy atom. The number of pyridine rings is 1. The van der Waals surface area contributed by atoms with Crippen LogP contribution in [0.3, 0.4) is 0 Å². The lowest BCUT2D eigenvalue weighted by atomic mass is 10.0. The van der Waals surface area contributed by atoms with Crippen molar-refractivity contribution >= 4 is 23.2 Å². The van der Waals surface area contributed by atoms with Crippen LogP contribution in [0.5, 0.6) is 0 Å². The lowest BCUT2D eigenvalue weighted by Gasteiger charge is -2.37. The summed E-state index contributed by atoms with van der Waals surface area (Å²) in [4.78, 5) is 22.2. The lowest BCUT2D eigenvalue weighted by molar-refractivity contribution is 0.0564. The van der Waals surface area contributed by atoms with Crippen LogP contribution in [0.4, 0.5) is 0 Å². The van der Waals surface area contributed by atoms with Crippen LogP contribution in [-0.4, -0.2) is 51.3 Å². The molecule has 1 fully saturated rings. The molecule has 0 N–H and O–H groups in total. The Morgan fingerprint density at radius 2 is 1.89 bits per heavy atom. The molecule has 3 aromatic rings. The fourth-order valence-electron chi connectivity index (χ4n) is 3.67. The summed E-state index contributed by atoms with van der Waals surface area (Å²) in [7, 11) is 2.13. The lowest BCUT2D eigenvalue weighted by Crippen LogP contribution is -2.46. The second-order valence-electron chi connectivity index (χ2n) is 7.19. The third-order valence-electron chi connectivity index (χ3n) is 5.22. The molecule has 1 amide bonds. The molecule has 6 heteroatoms. The third kappa shape index (κ3) is 3.99. The van der Waals surface area contributed by atoms with E-state index in [1.165, 1.54) is 0 Å². The van der Waals surface area contributed by atoms with Crippen LogP contribution in [0.2, 0.25) is 5.02 Å². The molecule has 0 unspecified atom stereocenters. The number of fused-ring (bicyclic) bond motifs is 1. The number of piperidine rings is 1. The fraction of sp³-hybridized carbons (Fsp3) is 0.333. The highest BCUT2D eigenvalue weighted by Crippen LogP contribution is 2.21. The molecule has 1 aromatic carbocycles. The van der Waals surface area contributed by atoms with Crippen molar-refractivity contribution in [2.45, 2.75) is 25.4 Å². The average molecular weight is 383 g/mol. The standard InChI is InChI=1S/C21H23ClN4O/c1-24-11-9-18(10-12-24)26(13-16-5-3-2-4-6-16)21(27)19-15-25-14-17(22)7-8-20(25)23-19/h2-8,14-15,18H,9-13H2,1H3. The van der Waals surface area contributed by atoms with E-state index in [-0.39, 0.29) is 11.9 Å². The second-order valence-corrected chi connectivity index (χ2v) is 7.63. The molecule has 140 valence electrons. The monoisotopic (exact) mass is 382 g/mol. The molecule has 27 heavy (non-hydrogen) atoms. The van der Waals surface area contributed by atoms with E-state index < -0.39 is 0 Å². The summed E-state index contributed by atoms with van der Waals surface area (Å²) in [6.45, 7) is 2.61. The predicted octanol–water partition coefficient (Wildman–Crippen LogP) is 3.72. The van der Waals surface area contributed by atoms with E-state index in [1.54, 1.807) is 18.5 Å². The minimum absolute atomic E-state index is 0.0202. The van der Waals surface area contributed by atoms with E-state index in [2.05, 4.69) is 29.1 Å². The molecule has 5 nitrogen and oxygen atoms in total. The third-order valence-corrected chi connectivity index (χ3v) is 5.44. The Morgan fingerprint density at radius 1 is 1.15 bits per heavy atom. The molecule has 0 bridgehead atoms. The van der Waals surface area contributed by atoms with Gasteiger partial charge in [0.2, 0.25) is 0 Å². The maximum atomic E-state index is 13.4. The molecule has 0 atom stereocenters. The number of likely N-dealkylation sites (tertiary alicyclic amines) is 1. The van der Waals surface area contributed by atoms with Crippen molar-refractivity contribution in [2.24, 2.45) is 0 Å². The van der Waals surface area contributed by atoms with Crippen LogP contribution in [0.15, 0.2) is 54.9 Å². The number of halogens is 1. The topological polar surface area (TPSA) is 40.9 Å². The summed E-state index contributed by atoms with van der Waals surface area (Å²) in [6, 6.07) is 14.0. The summed E-state index contributed by atoms with van der Waals surface area (Å²) in [6.07, 6.45) is 5.51. The largest absolute Gasteiger partial charge is 0.330 e. The molecule has 3 heterocycles.